The Bertz CT molecular complexity index is 968. The first kappa shape index (κ1) is 25.9. The summed E-state index contributed by atoms with van der Waals surface area (Å²) in [6.07, 6.45) is 2.37. The van der Waals surface area contributed by atoms with E-state index in [1.165, 1.54) is 57.1 Å². The fourth-order valence-electron chi connectivity index (χ4n) is 5.94. The molecule has 1 nitrogen and oxygen atoms in total. The smallest absolute Gasteiger partial charge is 0.426 e. The van der Waals surface area contributed by atoms with Crippen LogP contribution in [0.2, 0.25) is 0 Å². The molecule has 2 fully saturated rings. The lowest BCUT2D eigenvalue weighted by atomic mass is 9.68. The molecule has 0 heterocycles. The molecule has 0 spiro atoms. The predicted molar refractivity (Wildman–Crippen MR) is 123 cm³/mol. The van der Waals surface area contributed by atoms with Gasteiger partial charge in [0, 0.05) is 6.07 Å². The van der Waals surface area contributed by atoms with E-state index in [0.29, 0.717) is 24.1 Å². The SMILES string of the molecule is CC[C@H]1CC[C@H]([C@H]2CC[C@H](c3ccc(C(F)(F)Oc4ccc(C(F)(F)F)c(F)c4)cc3)CC2)CC1. The van der Waals surface area contributed by atoms with E-state index in [-0.39, 0.29) is 0 Å². The molecule has 7 heteroatoms. The van der Waals surface area contributed by atoms with Gasteiger partial charge in [0.2, 0.25) is 0 Å². The number of benzene rings is 2. The second kappa shape index (κ2) is 10.4. The Morgan fingerprint density at radius 2 is 1.34 bits per heavy atom. The van der Waals surface area contributed by atoms with E-state index in [0.717, 1.165) is 36.2 Å². The lowest BCUT2D eigenvalue weighted by Crippen LogP contribution is -2.25. The lowest BCUT2D eigenvalue weighted by Gasteiger charge is -2.38. The normalized spacial score (nSPS) is 25.9. The minimum absolute atomic E-state index is 0.332. The molecule has 192 valence electrons. The molecule has 0 aliphatic heterocycles. The molecular weight excluding hydrogens is 466 g/mol. The zero-order valence-electron chi connectivity index (χ0n) is 19.9. The van der Waals surface area contributed by atoms with Gasteiger partial charge in [-0.15, -0.1) is 0 Å². The van der Waals surface area contributed by atoms with Crippen LogP contribution in [0.3, 0.4) is 0 Å². The first-order chi connectivity index (χ1) is 16.6. The average molecular weight is 499 g/mol. The summed E-state index contributed by atoms with van der Waals surface area (Å²) in [6.45, 7) is 2.28. The van der Waals surface area contributed by atoms with Gasteiger partial charge in [-0.05, 0) is 92.0 Å². The summed E-state index contributed by atoms with van der Waals surface area (Å²) in [5.74, 6) is 0.496. The molecule has 2 saturated carbocycles. The van der Waals surface area contributed by atoms with Gasteiger partial charge in [0.05, 0.1) is 11.1 Å². The number of hydrogen-bond donors (Lipinski definition) is 0. The summed E-state index contributed by atoms with van der Waals surface area (Å²) >= 11 is 0. The molecule has 0 amide bonds. The Kier molecular flexibility index (Phi) is 7.72. The van der Waals surface area contributed by atoms with Crippen molar-refractivity contribution in [3.8, 4) is 5.75 Å². The maximum atomic E-state index is 14.6. The summed E-state index contributed by atoms with van der Waals surface area (Å²) in [4.78, 5) is 0. The number of halogens is 6. The number of ether oxygens (including phenoxy) is 1. The van der Waals surface area contributed by atoms with E-state index >= 15 is 0 Å². The molecule has 0 radical (unpaired) electrons. The summed E-state index contributed by atoms with van der Waals surface area (Å²) in [7, 11) is 0. The van der Waals surface area contributed by atoms with E-state index < -0.39 is 35.0 Å². The van der Waals surface area contributed by atoms with Gasteiger partial charge < -0.3 is 4.74 Å². The van der Waals surface area contributed by atoms with Crippen molar-refractivity contribution in [1.29, 1.82) is 0 Å². The third kappa shape index (κ3) is 6.15. The van der Waals surface area contributed by atoms with Gasteiger partial charge in [-0.2, -0.15) is 22.0 Å². The van der Waals surface area contributed by atoms with Crippen LogP contribution in [-0.2, 0) is 12.3 Å². The summed E-state index contributed by atoms with van der Waals surface area (Å²) in [6, 6.07) is 7.35. The van der Waals surface area contributed by atoms with Crippen LogP contribution in [-0.4, -0.2) is 0 Å². The van der Waals surface area contributed by atoms with Crippen LogP contribution < -0.4 is 4.74 Å². The molecular formula is C28H32F6O. The van der Waals surface area contributed by atoms with Gasteiger partial charge in [-0.1, -0.05) is 38.3 Å². The van der Waals surface area contributed by atoms with Crippen LogP contribution in [0.15, 0.2) is 42.5 Å². The summed E-state index contributed by atoms with van der Waals surface area (Å²) in [5, 5.41) is 0. The first-order valence-corrected chi connectivity index (χ1v) is 12.6. The molecule has 0 bridgehead atoms. The molecule has 0 aromatic heterocycles. The van der Waals surface area contributed by atoms with Crippen molar-refractivity contribution in [3.05, 3.63) is 65.0 Å². The van der Waals surface area contributed by atoms with Gasteiger partial charge >= 0.3 is 12.3 Å². The van der Waals surface area contributed by atoms with Gasteiger partial charge in [-0.3, -0.25) is 0 Å². The van der Waals surface area contributed by atoms with Gasteiger partial charge in [0.15, 0.2) is 0 Å². The van der Waals surface area contributed by atoms with E-state index in [4.69, 9.17) is 0 Å². The van der Waals surface area contributed by atoms with E-state index in [9.17, 15) is 26.3 Å². The van der Waals surface area contributed by atoms with Crippen molar-refractivity contribution in [3.63, 3.8) is 0 Å². The van der Waals surface area contributed by atoms with Gasteiger partial charge in [-0.25, -0.2) is 4.39 Å². The highest BCUT2D eigenvalue weighted by Crippen LogP contribution is 2.44. The first-order valence-electron chi connectivity index (χ1n) is 12.6. The van der Waals surface area contributed by atoms with E-state index in [1.54, 1.807) is 12.1 Å². The molecule has 0 saturated heterocycles. The third-order valence-electron chi connectivity index (χ3n) is 8.12. The van der Waals surface area contributed by atoms with Crippen LogP contribution >= 0.6 is 0 Å². The molecule has 2 aromatic rings. The van der Waals surface area contributed by atoms with Crippen molar-refractivity contribution >= 4 is 0 Å². The molecule has 2 aliphatic rings. The predicted octanol–water partition coefficient (Wildman–Crippen LogP) is 9.46. The highest BCUT2D eigenvalue weighted by atomic mass is 19.4. The van der Waals surface area contributed by atoms with Crippen LogP contribution in [0.5, 0.6) is 5.75 Å². The van der Waals surface area contributed by atoms with Crippen molar-refractivity contribution in [2.24, 2.45) is 17.8 Å². The average Bonchev–Trinajstić information content (AvgIpc) is 2.83. The Morgan fingerprint density at radius 1 is 0.771 bits per heavy atom. The third-order valence-corrected chi connectivity index (χ3v) is 8.12. The highest BCUT2D eigenvalue weighted by molar-refractivity contribution is 5.33. The Hall–Kier alpha value is -2.18. The number of rotatable bonds is 6. The van der Waals surface area contributed by atoms with Crippen molar-refractivity contribution < 1.29 is 31.1 Å². The van der Waals surface area contributed by atoms with E-state index in [1.807, 2.05) is 0 Å². The van der Waals surface area contributed by atoms with E-state index in [2.05, 4.69) is 11.7 Å². The maximum Gasteiger partial charge on any atom is 0.426 e. The molecule has 0 atom stereocenters. The minimum Gasteiger partial charge on any atom is -0.429 e. The Labute approximate surface area is 202 Å². The van der Waals surface area contributed by atoms with Crippen LogP contribution in [0.25, 0.3) is 0 Å². The Balaban J connectivity index is 1.34. The van der Waals surface area contributed by atoms with Crippen LogP contribution in [0.1, 0.15) is 87.3 Å². The molecule has 4 rings (SSSR count). The summed E-state index contributed by atoms with van der Waals surface area (Å²) in [5.41, 5.74) is -0.943. The quantitative estimate of drug-likeness (QED) is 0.361. The fourth-order valence-corrected chi connectivity index (χ4v) is 5.94. The minimum atomic E-state index is -4.91. The van der Waals surface area contributed by atoms with Crippen LogP contribution in [0, 0.1) is 23.6 Å². The second-order valence-electron chi connectivity index (χ2n) is 10.2. The second-order valence-corrected chi connectivity index (χ2v) is 10.2. The molecule has 2 aromatic carbocycles. The largest absolute Gasteiger partial charge is 0.429 e. The highest BCUT2D eigenvalue weighted by Gasteiger charge is 2.37. The van der Waals surface area contributed by atoms with Gasteiger partial charge in [0.25, 0.3) is 0 Å². The van der Waals surface area contributed by atoms with Crippen molar-refractivity contribution in [2.45, 2.75) is 82.9 Å². The van der Waals surface area contributed by atoms with Crippen molar-refractivity contribution in [1.82, 2.24) is 0 Å². The maximum absolute atomic E-state index is 14.6. The standard InChI is InChI=1S/C28H32F6O/c1-2-18-3-5-19(6-4-18)20-7-9-21(10-8-20)22-11-13-23(14-12-22)28(33,34)35-24-15-16-25(26(29)17-24)27(30,31)32/h11-21H,2-10H2,1H3/t18-,19-,20-,21-. The lowest BCUT2D eigenvalue weighted by molar-refractivity contribution is -0.185. The number of alkyl halides is 5. The molecule has 0 unspecified atom stereocenters. The van der Waals surface area contributed by atoms with Crippen molar-refractivity contribution in [2.75, 3.05) is 0 Å². The summed E-state index contributed by atoms with van der Waals surface area (Å²) < 4.78 is 85.6. The fraction of sp³-hybridized carbons (Fsp3) is 0.571. The molecule has 35 heavy (non-hydrogen) atoms. The molecule has 2 aliphatic carbocycles. The molecule has 0 N–H and O–H groups in total. The zero-order valence-corrected chi connectivity index (χ0v) is 19.9. The van der Waals surface area contributed by atoms with Crippen LogP contribution in [0.4, 0.5) is 26.3 Å². The zero-order chi connectivity index (χ0) is 25.2. The topological polar surface area (TPSA) is 9.23 Å². The monoisotopic (exact) mass is 498 g/mol. The van der Waals surface area contributed by atoms with Gasteiger partial charge in [0.1, 0.15) is 11.6 Å². The Morgan fingerprint density at radius 3 is 1.86 bits per heavy atom. The number of hydrogen-bond acceptors (Lipinski definition) is 1.